The molecule has 2 heterocycles. The topological polar surface area (TPSA) is 24.5 Å². The number of hydrogen-bond donors (Lipinski definition) is 1. The van der Waals surface area contributed by atoms with Crippen LogP contribution in [-0.2, 0) is 11.3 Å². The number of halogens is 1. The molecule has 1 fully saturated rings. The summed E-state index contributed by atoms with van der Waals surface area (Å²) in [5.74, 6) is 0.595. The Morgan fingerprint density at radius 1 is 1.61 bits per heavy atom. The molecule has 1 N–H and O–H groups in total. The van der Waals surface area contributed by atoms with Crippen molar-refractivity contribution in [1.82, 2.24) is 10.2 Å². The quantitative estimate of drug-likeness (QED) is 0.896. The molecular weight excluding hydrogens is 312 g/mol. The summed E-state index contributed by atoms with van der Waals surface area (Å²) in [7, 11) is 4.24. The summed E-state index contributed by atoms with van der Waals surface area (Å²) >= 11 is 5.31. The lowest BCUT2D eigenvalue weighted by Crippen LogP contribution is -2.45. The molecule has 0 aromatic carbocycles. The Hall–Kier alpha value is 0.0600. The lowest BCUT2D eigenvalue weighted by molar-refractivity contribution is 0.0209. The lowest BCUT2D eigenvalue weighted by atomic mass is 9.95. The van der Waals surface area contributed by atoms with E-state index in [1.54, 1.807) is 0 Å². The Bertz CT molecular complexity index is 372. The number of nitrogens with one attached hydrogen (secondary N) is 1. The van der Waals surface area contributed by atoms with Gasteiger partial charge >= 0.3 is 0 Å². The monoisotopic (exact) mass is 332 g/mol. The lowest BCUT2D eigenvalue weighted by Gasteiger charge is -2.34. The van der Waals surface area contributed by atoms with E-state index in [1.165, 1.54) is 9.35 Å². The zero-order chi connectivity index (χ0) is 13.0. The van der Waals surface area contributed by atoms with E-state index >= 15 is 0 Å². The number of thiophene rings is 1. The minimum atomic E-state index is 0.594. The van der Waals surface area contributed by atoms with E-state index in [0.29, 0.717) is 12.0 Å². The molecule has 102 valence electrons. The number of nitrogens with zero attached hydrogens (tertiary/aromatic N) is 1. The van der Waals surface area contributed by atoms with Crippen LogP contribution in [0.4, 0.5) is 0 Å². The van der Waals surface area contributed by atoms with Crippen LogP contribution in [0.2, 0.25) is 0 Å². The molecule has 0 aliphatic carbocycles. The van der Waals surface area contributed by atoms with Gasteiger partial charge in [0.15, 0.2) is 0 Å². The predicted molar refractivity (Wildman–Crippen MR) is 80.1 cm³/mol. The van der Waals surface area contributed by atoms with Gasteiger partial charge in [0.2, 0.25) is 0 Å². The van der Waals surface area contributed by atoms with Crippen molar-refractivity contribution in [3.05, 3.63) is 20.8 Å². The average Bonchev–Trinajstić information content (AvgIpc) is 2.75. The highest BCUT2D eigenvalue weighted by molar-refractivity contribution is 9.10. The van der Waals surface area contributed by atoms with Crippen LogP contribution in [-0.4, -0.2) is 44.8 Å². The molecule has 0 spiro atoms. The van der Waals surface area contributed by atoms with Gasteiger partial charge in [-0.25, -0.2) is 0 Å². The minimum Gasteiger partial charge on any atom is -0.381 e. The molecular formula is C13H21BrN2OS. The van der Waals surface area contributed by atoms with Crippen LogP contribution < -0.4 is 5.32 Å². The third kappa shape index (κ3) is 4.03. The van der Waals surface area contributed by atoms with E-state index in [1.807, 2.05) is 11.3 Å². The Morgan fingerprint density at radius 2 is 2.44 bits per heavy atom. The number of ether oxygens (including phenoxy) is 1. The first kappa shape index (κ1) is 14.5. The molecule has 0 radical (unpaired) electrons. The van der Waals surface area contributed by atoms with E-state index in [9.17, 15) is 0 Å². The second kappa shape index (κ2) is 7.01. The summed E-state index contributed by atoms with van der Waals surface area (Å²) in [6.07, 6.45) is 1.12. The van der Waals surface area contributed by atoms with Gasteiger partial charge in [0.1, 0.15) is 0 Å². The number of hydrogen-bond acceptors (Lipinski definition) is 4. The summed E-state index contributed by atoms with van der Waals surface area (Å²) in [4.78, 5) is 3.80. The summed E-state index contributed by atoms with van der Waals surface area (Å²) in [6.45, 7) is 3.87. The van der Waals surface area contributed by atoms with E-state index in [-0.39, 0.29) is 0 Å². The van der Waals surface area contributed by atoms with E-state index in [0.717, 1.165) is 32.7 Å². The van der Waals surface area contributed by atoms with Gasteiger partial charge < -0.3 is 15.0 Å². The van der Waals surface area contributed by atoms with Gasteiger partial charge in [-0.15, -0.1) is 11.3 Å². The van der Waals surface area contributed by atoms with Crippen molar-refractivity contribution in [2.45, 2.75) is 19.0 Å². The van der Waals surface area contributed by atoms with E-state index < -0.39 is 0 Å². The second-order valence-electron chi connectivity index (χ2n) is 4.95. The summed E-state index contributed by atoms with van der Waals surface area (Å²) in [6, 6.07) is 2.80. The molecule has 1 aromatic rings. The number of rotatable bonds is 5. The molecule has 18 heavy (non-hydrogen) atoms. The van der Waals surface area contributed by atoms with Crippen LogP contribution in [0.15, 0.2) is 15.9 Å². The molecule has 0 amide bonds. The van der Waals surface area contributed by atoms with Gasteiger partial charge in [-0.1, -0.05) is 0 Å². The van der Waals surface area contributed by atoms with Crippen molar-refractivity contribution in [3.63, 3.8) is 0 Å². The van der Waals surface area contributed by atoms with Crippen LogP contribution in [0.5, 0.6) is 0 Å². The maximum atomic E-state index is 5.60. The van der Waals surface area contributed by atoms with Crippen molar-refractivity contribution >= 4 is 27.3 Å². The Labute approximate surface area is 122 Å². The molecule has 1 saturated heterocycles. The fraction of sp³-hybridized carbons (Fsp3) is 0.692. The first-order valence-corrected chi connectivity index (χ1v) is 8.02. The predicted octanol–water partition coefficient (Wildman–Crippen LogP) is 2.57. The molecule has 1 aliphatic rings. The first-order valence-electron chi connectivity index (χ1n) is 6.35. The molecule has 2 atom stereocenters. The third-order valence-electron chi connectivity index (χ3n) is 3.44. The summed E-state index contributed by atoms with van der Waals surface area (Å²) < 4.78 is 6.78. The molecule has 2 unspecified atom stereocenters. The van der Waals surface area contributed by atoms with E-state index in [4.69, 9.17) is 4.74 Å². The maximum absolute atomic E-state index is 5.60. The van der Waals surface area contributed by atoms with Crippen LogP contribution in [0.3, 0.4) is 0 Å². The fourth-order valence-electron chi connectivity index (χ4n) is 2.52. The molecule has 2 rings (SSSR count). The van der Waals surface area contributed by atoms with Crippen molar-refractivity contribution < 1.29 is 4.74 Å². The standard InChI is InChI=1S/C13H21BrN2OS/c1-15-13-3-4-17-8-10(13)6-16(2)7-12-5-11(14)9-18-12/h5,9-10,13,15H,3-4,6-8H2,1-2H3. The van der Waals surface area contributed by atoms with Crippen LogP contribution in [0.25, 0.3) is 0 Å². The highest BCUT2D eigenvalue weighted by atomic mass is 79.9. The highest BCUT2D eigenvalue weighted by Crippen LogP contribution is 2.22. The Balaban J connectivity index is 1.84. The van der Waals surface area contributed by atoms with Crippen molar-refractivity contribution in [1.29, 1.82) is 0 Å². The van der Waals surface area contributed by atoms with Gasteiger partial charge in [0, 0.05) is 46.4 Å². The highest BCUT2D eigenvalue weighted by Gasteiger charge is 2.25. The van der Waals surface area contributed by atoms with Crippen molar-refractivity contribution in [2.75, 3.05) is 33.9 Å². The molecule has 5 heteroatoms. The van der Waals surface area contributed by atoms with Gasteiger partial charge in [-0.05, 0) is 42.5 Å². The van der Waals surface area contributed by atoms with Crippen LogP contribution in [0, 0.1) is 5.92 Å². The SMILES string of the molecule is CNC1CCOCC1CN(C)Cc1cc(Br)cs1. The fourth-order valence-corrected chi connectivity index (χ4v) is 4.05. The molecule has 3 nitrogen and oxygen atoms in total. The van der Waals surface area contributed by atoms with Gasteiger partial charge in [0.05, 0.1) is 6.61 Å². The van der Waals surface area contributed by atoms with Gasteiger partial charge in [-0.3, -0.25) is 0 Å². The summed E-state index contributed by atoms with van der Waals surface area (Å²) in [5, 5.41) is 5.56. The van der Waals surface area contributed by atoms with Gasteiger partial charge in [-0.2, -0.15) is 0 Å². The molecule has 1 aromatic heterocycles. The Kier molecular flexibility index (Phi) is 5.63. The van der Waals surface area contributed by atoms with Crippen LogP contribution >= 0.6 is 27.3 Å². The second-order valence-corrected chi connectivity index (χ2v) is 6.86. The maximum Gasteiger partial charge on any atom is 0.0521 e. The van der Waals surface area contributed by atoms with E-state index in [2.05, 4.69) is 51.7 Å². The van der Waals surface area contributed by atoms with Gasteiger partial charge in [0.25, 0.3) is 0 Å². The molecule has 0 saturated carbocycles. The minimum absolute atomic E-state index is 0.594. The molecule has 0 bridgehead atoms. The zero-order valence-corrected chi connectivity index (χ0v) is 13.4. The molecule has 1 aliphatic heterocycles. The summed E-state index contributed by atoms with van der Waals surface area (Å²) in [5.41, 5.74) is 0. The largest absolute Gasteiger partial charge is 0.381 e. The normalized spacial score (nSPS) is 24.7. The first-order chi connectivity index (χ1) is 8.69. The smallest absolute Gasteiger partial charge is 0.0521 e. The Morgan fingerprint density at radius 3 is 3.11 bits per heavy atom. The average molecular weight is 333 g/mol. The third-order valence-corrected chi connectivity index (χ3v) is 5.12. The van der Waals surface area contributed by atoms with Crippen molar-refractivity contribution in [3.8, 4) is 0 Å². The van der Waals surface area contributed by atoms with Crippen molar-refractivity contribution in [2.24, 2.45) is 5.92 Å². The van der Waals surface area contributed by atoms with Crippen LogP contribution in [0.1, 0.15) is 11.3 Å². The zero-order valence-electron chi connectivity index (χ0n) is 11.0.